The summed E-state index contributed by atoms with van der Waals surface area (Å²) in [7, 11) is 1.69. The molecule has 94 valence electrons. The van der Waals surface area contributed by atoms with Crippen molar-refractivity contribution < 1.29 is 4.74 Å². The van der Waals surface area contributed by atoms with Crippen LogP contribution < -0.4 is 0 Å². The molecule has 0 saturated carbocycles. The van der Waals surface area contributed by atoms with Crippen LogP contribution in [-0.2, 0) is 11.3 Å². The maximum Gasteiger partial charge on any atom is 0.195 e. The summed E-state index contributed by atoms with van der Waals surface area (Å²) in [5.74, 6) is 0.894. The molecule has 3 aromatic heterocycles. The van der Waals surface area contributed by atoms with Gasteiger partial charge in [-0.2, -0.15) is 5.10 Å². The van der Waals surface area contributed by atoms with Crippen molar-refractivity contribution in [2.24, 2.45) is 0 Å². The number of fused-ring (bicyclic) bond motifs is 1. The fourth-order valence-corrected chi connectivity index (χ4v) is 4.10. The van der Waals surface area contributed by atoms with E-state index in [1.54, 1.807) is 29.8 Å². The second-order valence-electron chi connectivity index (χ2n) is 3.76. The molecule has 0 aliphatic carbocycles. The molecule has 3 rings (SSSR count). The van der Waals surface area contributed by atoms with E-state index < -0.39 is 0 Å². The van der Waals surface area contributed by atoms with Crippen molar-refractivity contribution in [1.82, 2.24) is 14.8 Å². The van der Waals surface area contributed by atoms with E-state index in [0.29, 0.717) is 17.9 Å². The summed E-state index contributed by atoms with van der Waals surface area (Å²) in [6, 6.07) is 4.30. The molecule has 0 saturated heterocycles. The largest absolute Gasteiger partial charge is 0.383 e. The number of thiophene rings is 2. The van der Waals surface area contributed by atoms with Crippen molar-refractivity contribution in [3.05, 3.63) is 22.3 Å². The molecule has 4 nitrogen and oxygen atoms in total. The second kappa shape index (κ2) is 4.93. The standard InChI is InChI=1S/C11H11N3OS3/c1-15-4-3-14-10(12-13-11(14)16)9-6-8-7(18-9)2-5-17-8/h2,5-6H,3-4H2,1H3,(H,13,16). The Hall–Kier alpha value is -1.02. The molecule has 0 spiro atoms. The quantitative estimate of drug-likeness (QED) is 0.749. The van der Waals surface area contributed by atoms with Gasteiger partial charge in [-0.1, -0.05) is 0 Å². The highest BCUT2D eigenvalue weighted by Crippen LogP contribution is 2.35. The van der Waals surface area contributed by atoms with Crippen molar-refractivity contribution in [2.45, 2.75) is 6.54 Å². The molecular weight excluding hydrogens is 286 g/mol. The predicted molar refractivity (Wildman–Crippen MR) is 78.0 cm³/mol. The van der Waals surface area contributed by atoms with Crippen LogP contribution in [0.2, 0.25) is 0 Å². The molecule has 1 N–H and O–H groups in total. The van der Waals surface area contributed by atoms with E-state index in [0.717, 1.165) is 10.7 Å². The average Bonchev–Trinajstić information content (AvgIpc) is 3.00. The Labute approximate surface area is 117 Å². The Morgan fingerprint density at radius 2 is 2.39 bits per heavy atom. The van der Waals surface area contributed by atoms with Gasteiger partial charge in [0.05, 0.1) is 18.0 Å². The van der Waals surface area contributed by atoms with Crippen LogP contribution >= 0.6 is 34.9 Å². The number of hydrogen-bond donors (Lipinski definition) is 1. The molecule has 0 aliphatic rings. The number of H-pyrrole nitrogens is 1. The Morgan fingerprint density at radius 3 is 3.17 bits per heavy atom. The highest BCUT2D eigenvalue weighted by Gasteiger charge is 2.12. The molecular formula is C11H11N3OS3. The van der Waals surface area contributed by atoms with E-state index in [9.17, 15) is 0 Å². The predicted octanol–water partition coefficient (Wildman–Crippen LogP) is 3.53. The number of hydrogen-bond acceptors (Lipinski definition) is 5. The lowest BCUT2D eigenvalue weighted by Gasteiger charge is -2.03. The fraction of sp³-hybridized carbons (Fsp3) is 0.273. The minimum absolute atomic E-state index is 0.626. The second-order valence-corrected chi connectivity index (χ2v) is 6.17. The lowest BCUT2D eigenvalue weighted by molar-refractivity contribution is 0.187. The van der Waals surface area contributed by atoms with Crippen LogP contribution in [0.3, 0.4) is 0 Å². The molecule has 0 amide bonds. The highest BCUT2D eigenvalue weighted by molar-refractivity contribution is 7.71. The van der Waals surface area contributed by atoms with Crippen molar-refractivity contribution in [1.29, 1.82) is 0 Å². The van der Waals surface area contributed by atoms with Gasteiger partial charge >= 0.3 is 0 Å². The van der Waals surface area contributed by atoms with Crippen LogP contribution in [0.15, 0.2) is 17.5 Å². The number of ether oxygens (including phenoxy) is 1. The first-order valence-corrected chi connectivity index (χ1v) is 7.51. The van der Waals surface area contributed by atoms with Gasteiger partial charge in [-0.3, -0.25) is 9.67 Å². The normalized spacial score (nSPS) is 11.4. The molecule has 3 aromatic rings. The summed E-state index contributed by atoms with van der Waals surface area (Å²) < 4.78 is 10.3. The number of rotatable bonds is 4. The maximum absolute atomic E-state index is 5.24. The van der Waals surface area contributed by atoms with Gasteiger partial charge in [0.1, 0.15) is 0 Å². The molecule has 3 heterocycles. The number of aromatic amines is 1. The van der Waals surface area contributed by atoms with Gasteiger partial charge < -0.3 is 4.74 Å². The number of nitrogens with zero attached hydrogens (tertiary/aromatic N) is 2. The van der Waals surface area contributed by atoms with Crippen molar-refractivity contribution in [3.8, 4) is 10.7 Å². The third-order valence-corrected chi connectivity index (χ3v) is 5.04. The van der Waals surface area contributed by atoms with Gasteiger partial charge in [0.2, 0.25) is 0 Å². The number of methoxy groups -OCH3 is 1. The Kier molecular flexibility index (Phi) is 3.29. The van der Waals surface area contributed by atoms with Gasteiger partial charge in [0.25, 0.3) is 0 Å². The molecule has 7 heteroatoms. The van der Waals surface area contributed by atoms with Crippen LogP contribution in [0.25, 0.3) is 20.1 Å². The fourth-order valence-electron chi connectivity index (χ4n) is 1.77. The summed E-state index contributed by atoms with van der Waals surface area (Å²) in [6.45, 7) is 1.34. The van der Waals surface area contributed by atoms with Crippen LogP contribution in [-0.4, -0.2) is 28.5 Å². The Balaban J connectivity index is 2.05. The Morgan fingerprint density at radius 1 is 1.50 bits per heavy atom. The molecule has 0 aliphatic heterocycles. The van der Waals surface area contributed by atoms with E-state index in [4.69, 9.17) is 17.0 Å². The smallest absolute Gasteiger partial charge is 0.195 e. The number of aromatic nitrogens is 3. The molecule has 0 atom stereocenters. The van der Waals surface area contributed by atoms with Crippen molar-refractivity contribution in [2.75, 3.05) is 13.7 Å². The lowest BCUT2D eigenvalue weighted by Crippen LogP contribution is -2.05. The molecule has 0 aromatic carbocycles. The third-order valence-electron chi connectivity index (χ3n) is 2.64. The molecule has 0 bridgehead atoms. The minimum atomic E-state index is 0.626. The van der Waals surface area contributed by atoms with E-state index >= 15 is 0 Å². The zero-order valence-corrected chi connectivity index (χ0v) is 12.1. The highest BCUT2D eigenvalue weighted by atomic mass is 32.1. The van der Waals surface area contributed by atoms with Crippen LogP contribution in [0.1, 0.15) is 0 Å². The van der Waals surface area contributed by atoms with Gasteiger partial charge in [0.15, 0.2) is 10.6 Å². The van der Waals surface area contributed by atoms with Gasteiger partial charge in [-0.15, -0.1) is 22.7 Å². The SMILES string of the molecule is COCCn1c(-c2cc3sccc3s2)n[nH]c1=S. The van der Waals surface area contributed by atoms with Gasteiger partial charge in [-0.05, 0) is 29.7 Å². The summed E-state index contributed by atoms with van der Waals surface area (Å²) >= 11 is 8.73. The summed E-state index contributed by atoms with van der Waals surface area (Å²) in [6.07, 6.45) is 0. The van der Waals surface area contributed by atoms with Crippen LogP contribution in [0.4, 0.5) is 0 Å². The van der Waals surface area contributed by atoms with Crippen LogP contribution in [0, 0.1) is 4.77 Å². The molecule has 0 unspecified atom stereocenters. The molecule has 0 radical (unpaired) electrons. The maximum atomic E-state index is 5.24. The monoisotopic (exact) mass is 297 g/mol. The van der Waals surface area contributed by atoms with Crippen molar-refractivity contribution >= 4 is 44.3 Å². The minimum Gasteiger partial charge on any atom is -0.383 e. The van der Waals surface area contributed by atoms with E-state index in [1.807, 2.05) is 4.57 Å². The summed E-state index contributed by atoms with van der Waals surface area (Å²) in [5.41, 5.74) is 0. The molecule has 0 fully saturated rings. The summed E-state index contributed by atoms with van der Waals surface area (Å²) in [5, 5.41) is 9.27. The first-order valence-electron chi connectivity index (χ1n) is 5.41. The van der Waals surface area contributed by atoms with Gasteiger partial charge in [-0.25, -0.2) is 0 Å². The van der Waals surface area contributed by atoms with Crippen LogP contribution in [0.5, 0.6) is 0 Å². The third kappa shape index (κ3) is 2.03. The first kappa shape index (κ1) is 12.0. The summed E-state index contributed by atoms with van der Waals surface area (Å²) in [4.78, 5) is 1.14. The zero-order valence-electron chi connectivity index (χ0n) is 9.67. The lowest BCUT2D eigenvalue weighted by atomic mass is 10.4. The number of nitrogens with one attached hydrogen (secondary N) is 1. The first-order chi connectivity index (χ1) is 8.79. The van der Waals surface area contributed by atoms with Gasteiger partial charge in [0, 0.05) is 16.5 Å². The zero-order chi connectivity index (χ0) is 12.5. The van der Waals surface area contributed by atoms with Crippen molar-refractivity contribution in [3.63, 3.8) is 0 Å². The average molecular weight is 297 g/mol. The van der Waals surface area contributed by atoms with E-state index in [-0.39, 0.29) is 0 Å². The van der Waals surface area contributed by atoms with E-state index in [2.05, 4.69) is 27.7 Å². The topological polar surface area (TPSA) is 42.8 Å². The molecule has 18 heavy (non-hydrogen) atoms. The van der Waals surface area contributed by atoms with E-state index in [1.165, 1.54) is 9.40 Å². The Bertz CT molecular complexity index is 693.